The number of carbonyl (C=O) groups excluding carboxylic acids is 2. The van der Waals surface area contributed by atoms with Gasteiger partial charge in [0.1, 0.15) is 6.10 Å². The maximum Gasteiger partial charge on any atom is 0.275 e. The predicted molar refractivity (Wildman–Crippen MR) is 95.8 cm³/mol. The highest BCUT2D eigenvalue weighted by atomic mass is 32.1. The molecule has 142 valence electrons. The summed E-state index contributed by atoms with van der Waals surface area (Å²) < 4.78 is 9.70. The van der Waals surface area contributed by atoms with Gasteiger partial charge in [0.05, 0.1) is 30.2 Å². The number of ether oxygens (including phenoxy) is 1. The largest absolute Gasteiger partial charge is 0.363 e. The maximum atomic E-state index is 12.4. The molecule has 3 atom stereocenters. The molecule has 0 saturated carbocycles. The van der Waals surface area contributed by atoms with E-state index in [0.29, 0.717) is 37.4 Å². The van der Waals surface area contributed by atoms with Crippen LogP contribution in [0.25, 0.3) is 0 Å². The number of amides is 2. The van der Waals surface area contributed by atoms with Gasteiger partial charge in [0.15, 0.2) is 5.69 Å². The van der Waals surface area contributed by atoms with Crippen molar-refractivity contribution in [1.82, 2.24) is 29.8 Å². The number of piperidine rings is 1. The molecule has 4 heterocycles. The summed E-state index contributed by atoms with van der Waals surface area (Å²) in [6, 6.07) is 0. The van der Waals surface area contributed by atoms with Crippen molar-refractivity contribution in [2.24, 2.45) is 5.92 Å². The zero-order valence-corrected chi connectivity index (χ0v) is 15.7. The predicted octanol–water partition coefficient (Wildman–Crippen LogP) is 0.573. The number of rotatable bonds is 4. The summed E-state index contributed by atoms with van der Waals surface area (Å²) in [5.74, 6) is 0.0162. The van der Waals surface area contributed by atoms with Gasteiger partial charge < -0.3 is 15.0 Å². The molecule has 2 aliphatic rings. The van der Waals surface area contributed by atoms with Gasteiger partial charge in [-0.3, -0.25) is 19.6 Å². The van der Waals surface area contributed by atoms with Crippen molar-refractivity contribution < 1.29 is 14.3 Å². The Bertz CT molecular complexity index is 813. The quantitative estimate of drug-likeness (QED) is 0.815. The van der Waals surface area contributed by atoms with Gasteiger partial charge in [-0.15, -0.1) is 5.10 Å². The van der Waals surface area contributed by atoms with Crippen LogP contribution in [0.4, 0.5) is 0 Å². The zero-order chi connectivity index (χ0) is 18.8. The fraction of sp³-hybridized carbons (Fsp3) is 0.529. The molecular weight excluding hydrogens is 368 g/mol. The molecule has 0 radical (unpaired) electrons. The summed E-state index contributed by atoms with van der Waals surface area (Å²) in [5.41, 5.74) is 1.91. The second-order valence-corrected chi connectivity index (χ2v) is 7.47. The fourth-order valence-corrected chi connectivity index (χ4v) is 3.94. The van der Waals surface area contributed by atoms with E-state index in [1.807, 2.05) is 6.92 Å². The lowest BCUT2D eigenvalue weighted by molar-refractivity contribution is -0.132. The van der Waals surface area contributed by atoms with E-state index in [-0.39, 0.29) is 23.8 Å². The average Bonchev–Trinajstić information content (AvgIpc) is 3.36. The highest BCUT2D eigenvalue weighted by molar-refractivity contribution is 7.03. The van der Waals surface area contributed by atoms with E-state index >= 15 is 0 Å². The third-order valence-corrected chi connectivity index (χ3v) is 5.49. The molecule has 2 fully saturated rings. The topological polar surface area (TPSA) is 110 Å². The molecule has 0 unspecified atom stereocenters. The number of likely N-dealkylation sites (tertiary alicyclic amines) is 1. The van der Waals surface area contributed by atoms with Crippen molar-refractivity contribution in [3.8, 4) is 0 Å². The van der Waals surface area contributed by atoms with Crippen LogP contribution in [0.5, 0.6) is 0 Å². The Morgan fingerprint density at radius 1 is 1.37 bits per heavy atom. The highest BCUT2D eigenvalue weighted by Gasteiger charge is 2.43. The van der Waals surface area contributed by atoms with Gasteiger partial charge in [-0.25, -0.2) is 0 Å². The second kappa shape index (κ2) is 7.65. The molecule has 0 spiro atoms. The molecule has 2 saturated heterocycles. The van der Waals surface area contributed by atoms with E-state index in [2.05, 4.69) is 24.9 Å². The lowest BCUT2D eigenvalue weighted by Gasteiger charge is -2.33. The normalized spacial score (nSPS) is 24.5. The van der Waals surface area contributed by atoms with Crippen LogP contribution < -0.4 is 5.32 Å². The van der Waals surface area contributed by atoms with Gasteiger partial charge in [-0.2, -0.15) is 0 Å². The fourth-order valence-electron chi connectivity index (χ4n) is 3.51. The number of aromatic nitrogens is 4. The van der Waals surface area contributed by atoms with Crippen LogP contribution in [0, 0.1) is 12.8 Å². The lowest BCUT2D eigenvalue weighted by Crippen LogP contribution is -2.45. The third-order valence-electron chi connectivity index (χ3n) is 4.99. The lowest BCUT2D eigenvalue weighted by atomic mass is 9.91. The third kappa shape index (κ3) is 3.96. The van der Waals surface area contributed by atoms with Crippen molar-refractivity contribution in [2.75, 3.05) is 13.1 Å². The van der Waals surface area contributed by atoms with Gasteiger partial charge in [-0.05, 0) is 37.2 Å². The minimum absolute atomic E-state index is 0.121. The molecule has 0 aliphatic carbocycles. The molecule has 10 heteroatoms. The molecule has 27 heavy (non-hydrogen) atoms. The minimum atomic E-state index is -0.491. The average molecular weight is 388 g/mol. The summed E-state index contributed by atoms with van der Waals surface area (Å²) in [6.45, 7) is 3.31. The maximum absolute atomic E-state index is 12.4. The van der Waals surface area contributed by atoms with Crippen LogP contribution >= 0.6 is 11.5 Å². The van der Waals surface area contributed by atoms with E-state index in [1.54, 1.807) is 22.7 Å². The van der Waals surface area contributed by atoms with Crippen molar-refractivity contribution in [3.05, 3.63) is 34.9 Å². The van der Waals surface area contributed by atoms with Crippen molar-refractivity contribution in [2.45, 2.75) is 38.5 Å². The van der Waals surface area contributed by atoms with Crippen molar-refractivity contribution >= 4 is 23.3 Å². The number of hydrogen-bond acceptors (Lipinski definition) is 8. The molecule has 4 rings (SSSR count). The number of carbonyl (C=O) groups is 2. The molecule has 2 amide bonds. The zero-order valence-electron chi connectivity index (χ0n) is 14.9. The van der Waals surface area contributed by atoms with E-state index in [0.717, 1.165) is 23.6 Å². The summed E-state index contributed by atoms with van der Waals surface area (Å²) in [4.78, 5) is 35.0. The van der Waals surface area contributed by atoms with Gasteiger partial charge in [-0.1, -0.05) is 4.49 Å². The number of hydrogen-bond donors (Lipinski definition) is 1. The van der Waals surface area contributed by atoms with E-state index in [4.69, 9.17) is 4.74 Å². The Hall–Kier alpha value is -2.46. The standard InChI is InChI=1S/C17H20N6O3S/c1-10-5-19-12(6-18-10)7-20-16(24)14-4-11-2-3-23(8-15(11)26-14)17(25)13-9-27-22-21-13/h5-6,9,11,14-15H,2-4,7-8H2,1H3,(H,20,24)/t11-,14-,15+/m0/s1. The van der Waals surface area contributed by atoms with Crippen LogP contribution in [0.2, 0.25) is 0 Å². The smallest absolute Gasteiger partial charge is 0.275 e. The minimum Gasteiger partial charge on any atom is -0.363 e. The molecule has 0 aromatic carbocycles. The Morgan fingerprint density at radius 3 is 3.00 bits per heavy atom. The summed E-state index contributed by atoms with van der Waals surface area (Å²) >= 11 is 1.16. The molecule has 2 aromatic rings. The van der Waals surface area contributed by atoms with Crippen LogP contribution in [-0.2, 0) is 16.1 Å². The van der Waals surface area contributed by atoms with Gasteiger partial charge in [0.2, 0.25) is 5.91 Å². The van der Waals surface area contributed by atoms with Crippen LogP contribution in [0.15, 0.2) is 17.8 Å². The molecule has 2 aromatic heterocycles. The Kier molecular flexibility index (Phi) is 5.08. The first-order chi connectivity index (χ1) is 13.1. The van der Waals surface area contributed by atoms with Crippen molar-refractivity contribution in [1.29, 1.82) is 0 Å². The van der Waals surface area contributed by atoms with Gasteiger partial charge in [0.25, 0.3) is 5.91 Å². The number of fused-ring (bicyclic) bond motifs is 1. The van der Waals surface area contributed by atoms with E-state index in [1.165, 1.54) is 0 Å². The Morgan fingerprint density at radius 2 is 2.26 bits per heavy atom. The molecule has 0 bridgehead atoms. The molecule has 9 nitrogen and oxygen atoms in total. The van der Waals surface area contributed by atoms with Crippen molar-refractivity contribution in [3.63, 3.8) is 0 Å². The number of nitrogens with one attached hydrogen (secondary N) is 1. The summed E-state index contributed by atoms with van der Waals surface area (Å²) in [5, 5.41) is 8.35. The van der Waals surface area contributed by atoms with Crippen LogP contribution in [-0.4, -0.2) is 61.6 Å². The Balaban J connectivity index is 1.30. The molecular formula is C17H20N6O3S. The molecule has 2 aliphatic heterocycles. The number of nitrogens with zero attached hydrogens (tertiary/aromatic N) is 5. The van der Waals surface area contributed by atoms with Crippen LogP contribution in [0.3, 0.4) is 0 Å². The summed E-state index contributed by atoms with van der Waals surface area (Å²) in [6.07, 6.45) is 4.21. The first-order valence-corrected chi connectivity index (χ1v) is 9.71. The molecule has 1 N–H and O–H groups in total. The SMILES string of the molecule is Cc1cnc(CNC(=O)[C@@H]2C[C@@H]3CCN(C(=O)c4csnn4)C[C@H]3O2)cn1. The summed E-state index contributed by atoms with van der Waals surface area (Å²) in [7, 11) is 0. The van der Waals surface area contributed by atoms with Crippen LogP contribution in [0.1, 0.15) is 34.7 Å². The van der Waals surface area contributed by atoms with Gasteiger partial charge in [0, 0.05) is 24.7 Å². The Labute approximate surface area is 160 Å². The number of aryl methyl sites for hydroxylation is 1. The first-order valence-electron chi connectivity index (χ1n) is 8.87. The van der Waals surface area contributed by atoms with E-state index in [9.17, 15) is 9.59 Å². The monoisotopic (exact) mass is 388 g/mol. The van der Waals surface area contributed by atoms with E-state index < -0.39 is 6.10 Å². The first kappa shape index (κ1) is 17.9. The highest BCUT2D eigenvalue weighted by Crippen LogP contribution is 2.33. The second-order valence-electron chi connectivity index (χ2n) is 6.86. The van der Waals surface area contributed by atoms with Gasteiger partial charge >= 0.3 is 0 Å².